The first-order valence-electron chi connectivity index (χ1n) is 25.6. The molecule has 1 amide bonds. The minimum Gasteiger partial charge on any atom is -0.496 e. The molecule has 6 aliphatic rings. The van der Waals surface area contributed by atoms with Gasteiger partial charge in [-0.1, -0.05) is 68.8 Å². The van der Waals surface area contributed by atoms with Crippen LogP contribution in [-0.2, 0) is 47.5 Å². The number of esters is 2. The Labute approximate surface area is 409 Å². The van der Waals surface area contributed by atoms with Gasteiger partial charge in [-0.15, -0.1) is 0 Å². The highest BCUT2D eigenvalue weighted by Crippen LogP contribution is 2.67. The summed E-state index contributed by atoms with van der Waals surface area (Å²) >= 11 is 0. The lowest BCUT2D eigenvalue weighted by Crippen LogP contribution is -2.82. The van der Waals surface area contributed by atoms with Crippen molar-refractivity contribution < 1.29 is 38.8 Å². The Bertz CT molecular complexity index is 2910. The summed E-state index contributed by atoms with van der Waals surface area (Å²) in [5.41, 5.74) is 0.935. The molecule has 11 unspecified atom stereocenters. The van der Waals surface area contributed by atoms with Gasteiger partial charge in [0.2, 0.25) is 0 Å². The highest BCUT2D eigenvalue weighted by molar-refractivity contribution is 5.96. The van der Waals surface area contributed by atoms with Gasteiger partial charge >= 0.3 is 11.9 Å². The van der Waals surface area contributed by atoms with Crippen molar-refractivity contribution in [1.82, 2.24) is 25.1 Å². The average molecular weight is 953 g/mol. The van der Waals surface area contributed by atoms with Crippen LogP contribution in [0.25, 0.3) is 21.8 Å². The van der Waals surface area contributed by atoms with Gasteiger partial charge in [0, 0.05) is 108 Å². The third-order valence-electron chi connectivity index (χ3n) is 18.1. The number of nitrogens with one attached hydrogen (secondary N) is 3. The molecule has 11 rings (SSSR count). The fourth-order valence-corrected chi connectivity index (χ4v) is 15.2. The SMILES string of the molecule is CCOC(=O)C(Cc1c[nH]c2ccccc12)NC(=O)C1(O)C(O)C2(CC)C=CCN3CCC4(c5cc(C6(C(=O)OC)CC7CC(CC)CN(CCc8c6[nH]c6ccccc86)C7)c(OC)cc5N(C)C14)C32. The van der Waals surface area contributed by atoms with Crippen LogP contribution in [0.1, 0.15) is 80.8 Å². The van der Waals surface area contributed by atoms with E-state index in [-0.39, 0.29) is 31.0 Å². The number of aromatic amines is 2. The zero-order valence-corrected chi connectivity index (χ0v) is 41.3. The number of carbonyl (C=O) groups is 3. The smallest absolute Gasteiger partial charge is 0.328 e. The second kappa shape index (κ2) is 17.3. The molecule has 2 saturated heterocycles. The molecule has 5 aliphatic heterocycles. The molecular weight excluding hydrogens is 885 g/mol. The molecule has 1 saturated carbocycles. The predicted molar refractivity (Wildman–Crippen MR) is 268 cm³/mol. The van der Waals surface area contributed by atoms with E-state index in [9.17, 15) is 15.0 Å². The van der Waals surface area contributed by atoms with E-state index in [1.165, 1.54) is 7.11 Å². The van der Waals surface area contributed by atoms with Crippen molar-refractivity contribution in [1.29, 1.82) is 0 Å². The molecule has 5 aromatic rings. The molecule has 70 heavy (non-hydrogen) atoms. The number of piperidine rings is 1. The van der Waals surface area contributed by atoms with Crippen LogP contribution in [0.15, 0.2) is 79.0 Å². The minimum absolute atomic E-state index is 0.0888. The summed E-state index contributed by atoms with van der Waals surface area (Å²) in [6.07, 6.45) is 8.59. The number of likely N-dealkylation sites (N-methyl/N-ethyl adjacent to an activating group) is 1. The first-order valence-corrected chi connectivity index (χ1v) is 25.6. The number of carbonyl (C=O) groups excluding carboxylic acids is 3. The Morgan fingerprint density at radius 2 is 1.73 bits per heavy atom. The number of aliphatic hydroxyl groups is 2. The summed E-state index contributed by atoms with van der Waals surface area (Å²) < 4.78 is 18.1. The molecule has 370 valence electrons. The highest BCUT2D eigenvalue weighted by atomic mass is 16.5. The molecule has 7 heterocycles. The molecular formula is C56H68N6O8. The van der Waals surface area contributed by atoms with Crippen LogP contribution in [0.5, 0.6) is 5.75 Å². The fourth-order valence-electron chi connectivity index (χ4n) is 15.2. The number of aromatic nitrogens is 2. The second-order valence-electron chi connectivity index (χ2n) is 21.2. The monoisotopic (exact) mass is 953 g/mol. The lowest BCUT2D eigenvalue weighted by Gasteiger charge is -2.63. The summed E-state index contributed by atoms with van der Waals surface area (Å²) in [7, 11) is 4.99. The van der Waals surface area contributed by atoms with E-state index in [0.29, 0.717) is 49.6 Å². The number of rotatable bonds is 11. The molecule has 3 fully saturated rings. The number of aliphatic hydroxyl groups excluding tert-OH is 1. The largest absolute Gasteiger partial charge is 0.496 e. The van der Waals surface area contributed by atoms with Gasteiger partial charge in [-0.05, 0) is 92.3 Å². The standard InChI is InChI=1S/C56H68N6O8/c1-7-33-25-34-29-55(52(66)69-6,46-38(19-23-61(31-33)32-34)37-16-11-13-18-42(37)58-46)40-27-39-44(28-45(40)68-5)60(4)49-54(39)21-24-62-22-14-20-53(8-2,48(54)62)50(64)56(49,67)51(65)59-43(47(63)70-9-3)26-35-30-57-41-17-12-10-15-36(35)41/h10-18,20,27-28,30,33-34,43,48-50,57-58,64,67H,7-9,19,21-26,29,31-32H2,1-6H3,(H,59,65). The van der Waals surface area contributed by atoms with Gasteiger partial charge < -0.3 is 49.5 Å². The van der Waals surface area contributed by atoms with Crippen LogP contribution in [0.3, 0.4) is 0 Å². The minimum atomic E-state index is -2.47. The Morgan fingerprint density at radius 1 is 0.957 bits per heavy atom. The van der Waals surface area contributed by atoms with Gasteiger partial charge in [-0.2, -0.15) is 0 Å². The normalized spacial score (nSPS) is 32.5. The third kappa shape index (κ3) is 6.47. The van der Waals surface area contributed by atoms with Crippen molar-refractivity contribution >= 4 is 45.3 Å². The zero-order chi connectivity index (χ0) is 48.9. The number of hydrogen-bond acceptors (Lipinski definition) is 11. The Kier molecular flexibility index (Phi) is 11.5. The third-order valence-corrected chi connectivity index (χ3v) is 18.1. The van der Waals surface area contributed by atoms with Crippen LogP contribution in [0.2, 0.25) is 0 Å². The fraction of sp³-hybridized carbons (Fsp3) is 0.518. The highest BCUT2D eigenvalue weighted by Gasteiger charge is 2.79. The lowest BCUT2D eigenvalue weighted by molar-refractivity contribution is -0.204. The van der Waals surface area contributed by atoms with Crippen molar-refractivity contribution in [2.75, 3.05) is 65.5 Å². The molecule has 2 bridgehead atoms. The lowest BCUT2D eigenvalue weighted by atomic mass is 9.47. The van der Waals surface area contributed by atoms with E-state index in [1.807, 2.05) is 67.5 Å². The first-order chi connectivity index (χ1) is 33.8. The maximum Gasteiger partial charge on any atom is 0.328 e. The van der Waals surface area contributed by atoms with Gasteiger partial charge in [0.05, 0.1) is 26.9 Å². The maximum atomic E-state index is 15.7. The summed E-state index contributed by atoms with van der Waals surface area (Å²) in [5, 5.41) is 32.0. The van der Waals surface area contributed by atoms with Gasteiger partial charge in [0.25, 0.3) is 5.91 Å². The number of methoxy groups -OCH3 is 2. The molecule has 11 atom stereocenters. The molecule has 14 nitrogen and oxygen atoms in total. The zero-order valence-electron chi connectivity index (χ0n) is 41.3. The van der Waals surface area contributed by atoms with Crippen molar-refractivity contribution in [3.05, 3.63) is 107 Å². The number of anilines is 1. The number of benzene rings is 3. The second-order valence-corrected chi connectivity index (χ2v) is 21.2. The topological polar surface area (TPSA) is 173 Å². The molecule has 3 aromatic carbocycles. The predicted octanol–water partition coefficient (Wildman–Crippen LogP) is 5.90. The first kappa shape index (κ1) is 46.7. The van der Waals surface area contributed by atoms with E-state index >= 15 is 9.59 Å². The number of ether oxygens (including phenoxy) is 3. The number of H-pyrrole nitrogens is 2. The van der Waals surface area contributed by atoms with E-state index < -0.39 is 51.9 Å². The number of para-hydroxylation sites is 2. The quantitative estimate of drug-likeness (QED) is 0.0789. The van der Waals surface area contributed by atoms with Gasteiger partial charge in [-0.25, -0.2) is 4.79 Å². The van der Waals surface area contributed by atoms with Crippen LogP contribution >= 0.6 is 0 Å². The molecule has 2 aromatic heterocycles. The summed E-state index contributed by atoms with van der Waals surface area (Å²) in [6, 6.07) is 17.6. The number of amides is 1. The van der Waals surface area contributed by atoms with E-state index in [2.05, 4.69) is 62.3 Å². The molecule has 14 heteroatoms. The van der Waals surface area contributed by atoms with E-state index in [1.54, 1.807) is 14.0 Å². The van der Waals surface area contributed by atoms with E-state index in [0.717, 1.165) is 88.8 Å². The summed E-state index contributed by atoms with van der Waals surface area (Å²) in [6.45, 7) is 10.1. The molecule has 1 spiro atoms. The van der Waals surface area contributed by atoms with Crippen molar-refractivity contribution in [2.24, 2.45) is 17.3 Å². The summed E-state index contributed by atoms with van der Waals surface area (Å²) in [5.74, 6) is -0.750. The maximum absolute atomic E-state index is 15.7. The summed E-state index contributed by atoms with van der Waals surface area (Å²) in [4.78, 5) is 59.2. The van der Waals surface area contributed by atoms with Crippen molar-refractivity contribution in [2.45, 2.75) is 106 Å². The van der Waals surface area contributed by atoms with Crippen LogP contribution in [-0.4, -0.2) is 138 Å². The van der Waals surface area contributed by atoms with Gasteiger partial charge in [0.15, 0.2) is 5.60 Å². The van der Waals surface area contributed by atoms with Crippen LogP contribution in [0, 0.1) is 17.3 Å². The van der Waals surface area contributed by atoms with Gasteiger partial charge in [0.1, 0.15) is 23.3 Å². The Hall–Kier alpha value is -5.67. The van der Waals surface area contributed by atoms with Crippen LogP contribution < -0.4 is 15.0 Å². The average Bonchev–Trinajstić information content (AvgIpc) is 4.15. The molecule has 5 N–H and O–H groups in total. The Balaban J connectivity index is 1.12. The van der Waals surface area contributed by atoms with E-state index in [4.69, 9.17) is 14.2 Å². The van der Waals surface area contributed by atoms with Crippen LogP contribution in [0.4, 0.5) is 5.69 Å². The van der Waals surface area contributed by atoms with Crippen molar-refractivity contribution in [3.63, 3.8) is 0 Å². The molecule has 1 aliphatic carbocycles. The molecule has 0 radical (unpaired) electrons. The number of nitrogens with zero attached hydrogens (tertiary/aromatic N) is 3. The van der Waals surface area contributed by atoms with Crippen molar-refractivity contribution in [3.8, 4) is 5.75 Å². The number of hydrogen-bond donors (Lipinski definition) is 5. The number of fused-ring (bicyclic) bond motifs is 7. The Morgan fingerprint density at radius 3 is 2.47 bits per heavy atom. The van der Waals surface area contributed by atoms with Gasteiger partial charge in [-0.3, -0.25) is 14.5 Å².